The number of hydrogen-bond acceptors (Lipinski definition) is 2. The van der Waals surface area contributed by atoms with Crippen LogP contribution in [0.25, 0.3) is 0 Å². The molecular formula is C13H17FINO. The molecule has 0 bridgehead atoms. The first kappa shape index (κ1) is 13.1. The van der Waals surface area contributed by atoms with Gasteiger partial charge in [-0.2, -0.15) is 0 Å². The summed E-state index contributed by atoms with van der Waals surface area (Å²) in [4.78, 5) is 0. The van der Waals surface area contributed by atoms with Crippen molar-refractivity contribution >= 4 is 28.3 Å². The molecule has 0 aromatic heterocycles. The predicted molar refractivity (Wildman–Crippen MR) is 75.8 cm³/mol. The topological polar surface area (TPSA) is 21.3 Å². The molecule has 0 saturated carbocycles. The Morgan fingerprint density at radius 1 is 1.53 bits per heavy atom. The van der Waals surface area contributed by atoms with Crippen LogP contribution in [0, 0.1) is 9.39 Å². The number of nitrogens with one attached hydrogen (secondary N) is 1. The Balaban J connectivity index is 2.02. The highest BCUT2D eigenvalue weighted by atomic mass is 127. The highest BCUT2D eigenvalue weighted by molar-refractivity contribution is 14.1. The van der Waals surface area contributed by atoms with E-state index in [4.69, 9.17) is 4.74 Å². The molecule has 1 N–H and O–H groups in total. The molecule has 1 fully saturated rings. The van der Waals surface area contributed by atoms with Crippen molar-refractivity contribution in [2.75, 3.05) is 11.9 Å². The van der Waals surface area contributed by atoms with Crippen molar-refractivity contribution in [2.24, 2.45) is 0 Å². The van der Waals surface area contributed by atoms with Gasteiger partial charge in [0.1, 0.15) is 5.82 Å². The Labute approximate surface area is 115 Å². The number of anilines is 1. The van der Waals surface area contributed by atoms with Crippen molar-refractivity contribution in [3.8, 4) is 0 Å². The molecule has 0 aliphatic carbocycles. The van der Waals surface area contributed by atoms with Gasteiger partial charge in [0.2, 0.25) is 0 Å². The Morgan fingerprint density at radius 3 is 3.12 bits per heavy atom. The smallest absolute Gasteiger partial charge is 0.138 e. The van der Waals surface area contributed by atoms with Crippen molar-refractivity contribution in [2.45, 2.75) is 38.3 Å². The molecule has 0 spiro atoms. The van der Waals surface area contributed by atoms with Gasteiger partial charge in [-0.05, 0) is 54.0 Å². The van der Waals surface area contributed by atoms with E-state index in [-0.39, 0.29) is 5.82 Å². The van der Waals surface area contributed by atoms with Gasteiger partial charge in [-0.25, -0.2) is 4.39 Å². The third-order valence-electron chi connectivity index (χ3n) is 3.13. The third kappa shape index (κ3) is 3.31. The van der Waals surface area contributed by atoms with Crippen LogP contribution in [0.15, 0.2) is 18.2 Å². The van der Waals surface area contributed by atoms with Crippen LogP contribution in [0.2, 0.25) is 0 Å². The molecule has 1 aliphatic rings. The van der Waals surface area contributed by atoms with Gasteiger partial charge in [0.15, 0.2) is 0 Å². The molecule has 1 aliphatic heterocycles. The Morgan fingerprint density at radius 2 is 2.35 bits per heavy atom. The summed E-state index contributed by atoms with van der Waals surface area (Å²) in [5.41, 5.74) is 0.896. The van der Waals surface area contributed by atoms with Gasteiger partial charge in [-0.3, -0.25) is 0 Å². The van der Waals surface area contributed by atoms with Crippen molar-refractivity contribution in [3.05, 3.63) is 27.6 Å². The molecule has 2 unspecified atom stereocenters. The maximum atomic E-state index is 13.4. The first-order valence-electron chi connectivity index (χ1n) is 6.03. The average molecular weight is 349 g/mol. The fraction of sp³-hybridized carbons (Fsp3) is 0.538. The number of halogens is 2. The standard InChI is InChI=1S/C13H17FINO/c1-2-10-8-9(6-7-17-10)16-12-5-3-4-11(14)13(12)15/h3-5,9-10,16H,2,6-8H2,1H3. The summed E-state index contributed by atoms with van der Waals surface area (Å²) in [6.45, 7) is 2.93. The van der Waals surface area contributed by atoms with Crippen LogP contribution in [-0.2, 0) is 4.74 Å². The van der Waals surface area contributed by atoms with E-state index in [1.165, 1.54) is 6.07 Å². The second-order valence-electron chi connectivity index (χ2n) is 4.37. The summed E-state index contributed by atoms with van der Waals surface area (Å²) in [5.74, 6) is -0.158. The van der Waals surface area contributed by atoms with Gasteiger partial charge in [0.05, 0.1) is 15.4 Å². The van der Waals surface area contributed by atoms with Crippen LogP contribution in [0.5, 0.6) is 0 Å². The molecule has 1 saturated heterocycles. The number of hydrogen-bond donors (Lipinski definition) is 1. The van der Waals surface area contributed by atoms with E-state index < -0.39 is 0 Å². The van der Waals surface area contributed by atoms with Crippen molar-refractivity contribution in [1.82, 2.24) is 0 Å². The van der Waals surface area contributed by atoms with E-state index >= 15 is 0 Å². The zero-order valence-electron chi connectivity index (χ0n) is 9.88. The molecule has 4 heteroatoms. The second-order valence-corrected chi connectivity index (χ2v) is 5.45. The highest BCUT2D eigenvalue weighted by Gasteiger charge is 2.21. The molecule has 0 radical (unpaired) electrons. The number of benzene rings is 1. The minimum absolute atomic E-state index is 0.158. The lowest BCUT2D eigenvalue weighted by atomic mass is 10.0. The fourth-order valence-corrected chi connectivity index (χ4v) is 2.65. The summed E-state index contributed by atoms with van der Waals surface area (Å²) in [6, 6.07) is 5.56. The van der Waals surface area contributed by atoms with Crippen LogP contribution in [0.4, 0.5) is 10.1 Å². The molecule has 94 valence electrons. The first-order chi connectivity index (χ1) is 8.20. The Bertz CT molecular complexity index is 386. The van der Waals surface area contributed by atoms with Gasteiger partial charge >= 0.3 is 0 Å². The molecule has 17 heavy (non-hydrogen) atoms. The summed E-state index contributed by atoms with van der Waals surface area (Å²) in [7, 11) is 0. The zero-order valence-corrected chi connectivity index (χ0v) is 12.0. The zero-order chi connectivity index (χ0) is 12.3. The third-order valence-corrected chi connectivity index (χ3v) is 4.23. The fourth-order valence-electron chi connectivity index (χ4n) is 2.13. The number of rotatable bonds is 3. The highest BCUT2D eigenvalue weighted by Crippen LogP contribution is 2.25. The van der Waals surface area contributed by atoms with Crippen LogP contribution < -0.4 is 5.32 Å². The van der Waals surface area contributed by atoms with E-state index in [1.807, 2.05) is 28.7 Å². The lowest BCUT2D eigenvalue weighted by Crippen LogP contribution is -2.33. The molecule has 2 nitrogen and oxygen atoms in total. The van der Waals surface area contributed by atoms with Crippen molar-refractivity contribution < 1.29 is 9.13 Å². The van der Waals surface area contributed by atoms with Crippen LogP contribution >= 0.6 is 22.6 Å². The quantitative estimate of drug-likeness (QED) is 0.839. The molecule has 2 atom stereocenters. The number of ether oxygens (including phenoxy) is 1. The average Bonchev–Trinajstić information content (AvgIpc) is 2.35. The lowest BCUT2D eigenvalue weighted by molar-refractivity contribution is 0.00924. The molecule has 1 heterocycles. The largest absolute Gasteiger partial charge is 0.381 e. The predicted octanol–water partition coefficient (Wildman–Crippen LogP) is 3.80. The first-order valence-corrected chi connectivity index (χ1v) is 7.10. The Kier molecular flexibility index (Phi) is 4.62. The van der Waals surface area contributed by atoms with Crippen LogP contribution in [0.1, 0.15) is 26.2 Å². The van der Waals surface area contributed by atoms with Gasteiger partial charge < -0.3 is 10.1 Å². The summed E-state index contributed by atoms with van der Waals surface area (Å²) in [5, 5.41) is 3.43. The Hall–Kier alpha value is -0.360. The van der Waals surface area contributed by atoms with E-state index in [1.54, 1.807) is 6.07 Å². The molecule has 2 rings (SSSR count). The van der Waals surface area contributed by atoms with Gasteiger partial charge in [0.25, 0.3) is 0 Å². The lowest BCUT2D eigenvalue weighted by Gasteiger charge is -2.30. The van der Waals surface area contributed by atoms with Gasteiger partial charge in [-0.15, -0.1) is 0 Å². The van der Waals surface area contributed by atoms with Crippen molar-refractivity contribution in [3.63, 3.8) is 0 Å². The molecule has 0 amide bonds. The molecular weight excluding hydrogens is 332 g/mol. The van der Waals surface area contributed by atoms with Crippen LogP contribution in [0.3, 0.4) is 0 Å². The minimum Gasteiger partial charge on any atom is -0.381 e. The van der Waals surface area contributed by atoms with Gasteiger partial charge in [-0.1, -0.05) is 13.0 Å². The monoisotopic (exact) mass is 349 g/mol. The normalized spacial score (nSPS) is 24.6. The maximum absolute atomic E-state index is 13.4. The summed E-state index contributed by atoms with van der Waals surface area (Å²) < 4.78 is 19.7. The van der Waals surface area contributed by atoms with E-state index in [9.17, 15) is 4.39 Å². The molecule has 1 aromatic rings. The molecule has 1 aromatic carbocycles. The van der Waals surface area contributed by atoms with Crippen molar-refractivity contribution in [1.29, 1.82) is 0 Å². The second kappa shape index (κ2) is 6.00. The summed E-state index contributed by atoms with van der Waals surface area (Å²) >= 11 is 2.05. The SMILES string of the molecule is CCC1CC(Nc2cccc(F)c2I)CCO1. The maximum Gasteiger partial charge on any atom is 0.138 e. The van der Waals surface area contributed by atoms with Crippen LogP contribution in [-0.4, -0.2) is 18.8 Å². The van der Waals surface area contributed by atoms with E-state index in [0.29, 0.717) is 15.7 Å². The van der Waals surface area contributed by atoms with E-state index in [2.05, 4.69) is 12.2 Å². The minimum atomic E-state index is -0.158. The van der Waals surface area contributed by atoms with Gasteiger partial charge in [0, 0.05) is 12.6 Å². The van der Waals surface area contributed by atoms with E-state index in [0.717, 1.165) is 31.6 Å². The summed E-state index contributed by atoms with van der Waals surface area (Å²) in [6.07, 6.45) is 3.37.